The van der Waals surface area contributed by atoms with Gasteiger partial charge in [-0.05, 0) is 62.7 Å². The minimum absolute atomic E-state index is 0.305. The standard InChI is InChI=1S/C23H32N2O2/c1-2-25(21-8-7-9-22(26)18-21)19-20-10-12-23(13-11-20)27-17-16-24-14-5-3-4-6-15-24/h7-13,18,26H,2-6,14-17,19H2,1H3. The van der Waals surface area contributed by atoms with Crippen molar-refractivity contribution in [2.75, 3.05) is 37.7 Å². The smallest absolute Gasteiger partial charge is 0.119 e. The maximum atomic E-state index is 9.71. The lowest BCUT2D eigenvalue weighted by Gasteiger charge is -2.23. The summed E-state index contributed by atoms with van der Waals surface area (Å²) >= 11 is 0. The summed E-state index contributed by atoms with van der Waals surface area (Å²) in [6.45, 7) is 8.02. The molecule has 4 heteroatoms. The van der Waals surface area contributed by atoms with Gasteiger partial charge in [0.25, 0.3) is 0 Å². The van der Waals surface area contributed by atoms with Gasteiger partial charge in [0.15, 0.2) is 0 Å². The number of hydrogen-bond acceptors (Lipinski definition) is 4. The minimum Gasteiger partial charge on any atom is -0.508 e. The number of hydrogen-bond donors (Lipinski definition) is 1. The zero-order chi connectivity index (χ0) is 18.9. The number of ether oxygens (including phenoxy) is 1. The fraction of sp³-hybridized carbons (Fsp3) is 0.478. The molecule has 1 N–H and O–H groups in total. The third kappa shape index (κ3) is 6.17. The van der Waals surface area contributed by atoms with Gasteiger partial charge in [-0.2, -0.15) is 0 Å². The van der Waals surface area contributed by atoms with Gasteiger partial charge in [0.2, 0.25) is 0 Å². The molecule has 2 aromatic rings. The number of anilines is 1. The Morgan fingerprint density at radius 2 is 1.74 bits per heavy atom. The van der Waals surface area contributed by atoms with E-state index in [0.717, 1.165) is 37.7 Å². The Hall–Kier alpha value is -2.20. The molecule has 0 aromatic heterocycles. The van der Waals surface area contributed by atoms with Crippen molar-refractivity contribution in [2.45, 2.75) is 39.2 Å². The number of likely N-dealkylation sites (tertiary alicyclic amines) is 1. The van der Waals surface area contributed by atoms with Crippen LogP contribution in [-0.4, -0.2) is 42.8 Å². The fourth-order valence-electron chi connectivity index (χ4n) is 3.64. The lowest BCUT2D eigenvalue weighted by atomic mass is 10.2. The van der Waals surface area contributed by atoms with Crippen molar-refractivity contribution in [1.82, 2.24) is 4.90 Å². The first kappa shape index (κ1) is 19.6. The molecule has 1 fully saturated rings. The average molecular weight is 369 g/mol. The third-order valence-corrected chi connectivity index (χ3v) is 5.25. The quantitative estimate of drug-likeness (QED) is 0.734. The Bertz CT molecular complexity index is 679. The second-order valence-corrected chi connectivity index (χ2v) is 7.28. The van der Waals surface area contributed by atoms with Crippen LogP contribution in [0.3, 0.4) is 0 Å². The van der Waals surface area contributed by atoms with E-state index in [2.05, 4.69) is 41.0 Å². The summed E-state index contributed by atoms with van der Waals surface area (Å²) in [5, 5.41) is 9.71. The first-order valence-electron chi connectivity index (χ1n) is 10.2. The van der Waals surface area contributed by atoms with Gasteiger partial charge in [0.05, 0.1) is 0 Å². The Labute approximate surface area is 163 Å². The van der Waals surface area contributed by atoms with E-state index in [4.69, 9.17) is 4.74 Å². The van der Waals surface area contributed by atoms with Crippen molar-refractivity contribution < 1.29 is 9.84 Å². The van der Waals surface area contributed by atoms with Crippen LogP contribution >= 0.6 is 0 Å². The normalized spacial score (nSPS) is 15.3. The molecule has 3 rings (SSSR count). The van der Waals surface area contributed by atoms with E-state index < -0.39 is 0 Å². The predicted octanol–water partition coefficient (Wildman–Crippen LogP) is 4.67. The molecular weight excluding hydrogens is 336 g/mol. The number of aromatic hydroxyl groups is 1. The summed E-state index contributed by atoms with van der Waals surface area (Å²) in [7, 11) is 0. The molecular formula is C23H32N2O2. The third-order valence-electron chi connectivity index (χ3n) is 5.25. The van der Waals surface area contributed by atoms with E-state index in [9.17, 15) is 5.11 Å². The molecule has 0 aliphatic carbocycles. The summed E-state index contributed by atoms with van der Waals surface area (Å²) < 4.78 is 5.95. The average Bonchev–Trinajstić information content (AvgIpc) is 2.96. The van der Waals surface area contributed by atoms with E-state index in [1.165, 1.54) is 44.3 Å². The molecule has 4 nitrogen and oxygen atoms in total. The van der Waals surface area contributed by atoms with Crippen molar-refractivity contribution in [3.05, 3.63) is 54.1 Å². The summed E-state index contributed by atoms with van der Waals surface area (Å²) in [6, 6.07) is 15.8. The number of benzene rings is 2. The molecule has 2 aromatic carbocycles. The Morgan fingerprint density at radius 3 is 2.41 bits per heavy atom. The van der Waals surface area contributed by atoms with Crippen molar-refractivity contribution >= 4 is 5.69 Å². The fourth-order valence-corrected chi connectivity index (χ4v) is 3.64. The lowest BCUT2D eigenvalue weighted by molar-refractivity contribution is 0.214. The predicted molar refractivity (Wildman–Crippen MR) is 112 cm³/mol. The Morgan fingerprint density at radius 1 is 1.00 bits per heavy atom. The van der Waals surface area contributed by atoms with Crippen LogP contribution < -0.4 is 9.64 Å². The van der Waals surface area contributed by atoms with E-state index in [1.54, 1.807) is 6.07 Å². The molecule has 0 saturated carbocycles. The summed E-state index contributed by atoms with van der Waals surface area (Å²) in [6.07, 6.45) is 5.38. The molecule has 1 saturated heterocycles. The largest absolute Gasteiger partial charge is 0.508 e. The molecule has 0 amide bonds. The minimum atomic E-state index is 0.305. The molecule has 1 aliphatic heterocycles. The SMILES string of the molecule is CCN(Cc1ccc(OCCN2CCCCCC2)cc1)c1cccc(O)c1. The van der Waals surface area contributed by atoms with Crippen LogP contribution in [0.15, 0.2) is 48.5 Å². The van der Waals surface area contributed by atoms with Gasteiger partial charge in [-0.25, -0.2) is 0 Å². The van der Waals surface area contributed by atoms with Gasteiger partial charge in [0.1, 0.15) is 18.1 Å². The molecule has 1 heterocycles. The number of phenols is 1. The van der Waals surface area contributed by atoms with E-state index >= 15 is 0 Å². The number of phenolic OH excluding ortho intramolecular Hbond substituents is 1. The highest BCUT2D eigenvalue weighted by Crippen LogP contribution is 2.22. The zero-order valence-corrected chi connectivity index (χ0v) is 16.4. The lowest BCUT2D eigenvalue weighted by Crippen LogP contribution is -2.29. The number of rotatable bonds is 8. The monoisotopic (exact) mass is 368 g/mol. The van der Waals surface area contributed by atoms with Crippen molar-refractivity contribution in [3.8, 4) is 11.5 Å². The Kier molecular flexibility index (Phi) is 7.40. The van der Waals surface area contributed by atoms with Gasteiger partial charge in [0, 0.05) is 31.4 Å². The van der Waals surface area contributed by atoms with E-state index in [-0.39, 0.29) is 0 Å². The van der Waals surface area contributed by atoms with Gasteiger partial charge in [-0.15, -0.1) is 0 Å². The zero-order valence-electron chi connectivity index (χ0n) is 16.4. The van der Waals surface area contributed by atoms with Crippen molar-refractivity contribution in [2.24, 2.45) is 0 Å². The topological polar surface area (TPSA) is 35.9 Å². The maximum absolute atomic E-state index is 9.71. The molecule has 0 unspecified atom stereocenters. The van der Waals surface area contributed by atoms with Gasteiger partial charge in [-0.1, -0.05) is 31.0 Å². The van der Waals surface area contributed by atoms with Crippen molar-refractivity contribution in [1.29, 1.82) is 0 Å². The van der Waals surface area contributed by atoms with E-state index in [0.29, 0.717) is 5.75 Å². The number of nitrogens with zero attached hydrogens (tertiary/aromatic N) is 2. The molecule has 146 valence electrons. The van der Waals surface area contributed by atoms with Crippen LogP contribution in [0.4, 0.5) is 5.69 Å². The maximum Gasteiger partial charge on any atom is 0.119 e. The second-order valence-electron chi connectivity index (χ2n) is 7.28. The summed E-state index contributed by atoms with van der Waals surface area (Å²) in [5.74, 6) is 1.24. The first-order valence-corrected chi connectivity index (χ1v) is 10.2. The highest BCUT2D eigenvalue weighted by molar-refractivity contribution is 5.50. The summed E-state index contributed by atoms with van der Waals surface area (Å²) in [5.41, 5.74) is 2.27. The first-order chi connectivity index (χ1) is 13.2. The summed E-state index contributed by atoms with van der Waals surface area (Å²) in [4.78, 5) is 4.77. The van der Waals surface area contributed by atoms with Crippen LogP contribution in [0.5, 0.6) is 11.5 Å². The highest BCUT2D eigenvalue weighted by Gasteiger charge is 2.09. The molecule has 0 spiro atoms. The highest BCUT2D eigenvalue weighted by atomic mass is 16.5. The van der Waals surface area contributed by atoms with Gasteiger partial charge < -0.3 is 14.7 Å². The molecule has 0 bridgehead atoms. The van der Waals surface area contributed by atoms with Crippen LogP contribution in [0, 0.1) is 0 Å². The van der Waals surface area contributed by atoms with Gasteiger partial charge >= 0.3 is 0 Å². The molecule has 0 radical (unpaired) electrons. The van der Waals surface area contributed by atoms with E-state index in [1.807, 2.05) is 18.2 Å². The van der Waals surface area contributed by atoms with Gasteiger partial charge in [-0.3, -0.25) is 4.90 Å². The molecule has 27 heavy (non-hydrogen) atoms. The van der Waals surface area contributed by atoms with Crippen LogP contribution in [0.25, 0.3) is 0 Å². The van der Waals surface area contributed by atoms with Crippen LogP contribution in [0.1, 0.15) is 38.2 Å². The van der Waals surface area contributed by atoms with Crippen LogP contribution in [0.2, 0.25) is 0 Å². The second kappa shape index (κ2) is 10.2. The molecule has 1 aliphatic rings. The Balaban J connectivity index is 1.49. The van der Waals surface area contributed by atoms with Crippen molar-refractivity contribution in [3.63, 3.8) is 0 Å². The van der Waals surface area contributed by atoms with Crippen LogP contribution in [-0.2, 0) is 6.54 Å². The molecule has 0 atom stereocenters.